The molecule has 1 fully saturated rings. The van der Waals surface area contributed by atoms with Crippen LogP contribution in [0, 0.1) is 11.8 Å². The second-order valence-electron chi connectivity index (χ2n) is 6.05. The average molecular weight is 226 g/mol. The SMILES string of the molecule is CC(CNC(=O)CCNC(C)(C)C)C1CC1. The van der Waals surface area contributed by atoms with Gasteiger partial charge in [0.1, 0.15) is 0 Å². The Hall–Kier alpha value is -0.570. The molecule has 0 aliphatic heterocycles. The topological polar surface area (TPSA) is 41.1 Å². The van der Waals surface area contributed by atoms with Gasteiger partial charge >= 0.3 is 0 Å². The zero-order valence-corrected chi connectivity index (χ0v) is 11.1. The van der Waals surface area contributed by atoms with Crippen LogP contribution in [0.5, 0.6) is 0 Å². The second kappa shape index (κ2) is 5.67. The molecule has 2 N–H and O–H groups in total. The van der Waals surface area contributed by atoms with Crippen molar-refractivity contribution in [3.8, 4) is 0 Å². The van der Waals surface area contributed by atoms with E-state index >= 15 is 0 Å². The third kappa shape index (κ3) is 6.11. The standard InChI is InChI=1S/C13H26N2O/c1-10(11-5-6-11)9-14-12(16)7-8-15-13(2,3)4/h10-11,15H,5-9H2,1-4H3,(H,14,16). The maximum Gasteiger partial charge on any atom is 0.221 e. The molecule has 0 bridgehead atoms. The number of carbonyl (C=O) groups excluding carboxylic acids is 1. The average Bonchev–Trinajstić information content (AvgIpc) is 2.95. The van der Waals surface area contributed by atoms with Gasteiger partial charge in [0.05, 0.1) is 0 Å². The van der Waals surface area contributed by atoms with Crippen LogP contribution >= 0.6 is 0 Å². The van der Waals surface area contributed by atoms with Crippen LogP contribution in [0.4, 0.5) is 0 Å². The lowest BCUT2D eigenvalue weighted by Crippen LogP contribution is -2.39. The van der Waals surface area contributed by atoms with Gasteiger partial charge in [-0.05, 0) is 45.4 Å². The van der Waals surface area contributed by atoms with Crippen molar-refractivity contribution in [2.75, 3.05) is 13.1 Å². The molecule has 0 saturated heterocycles. The molecule has 1 unspecified atom stereocenters. The van der Waals surface area contributed by atoms with E-state index in [0.717, 1.165) is 19.0 Å². The van der Waals surface area contributed by atoms with E-state index in [2.05, 4.69) is 38.3 Å². The van der Waals surface area contributed by atoms with Gasteiger partial charge in [-0.25, -0.2) is 0 Å². The molecule has 0 radical (unpaired) electrons. The molecule has 1 aliphatic carbocycles. The van der Waals surface area contributed by atoms with Gasteiger partial charge < -0.3 is 10.6 Å². The normalized spacial score (nSPS) is 18.2. The summed E-state index contributed by atoms with van der Waals surface area (Å²) >= 11 is 0. The van der Waals surface area contributed by atoms with Gasteiger partial charge in [-0.1, -0.05) is 6.92 Å². The van der Waals surface area contributed by atoms with Crippen LogP contribution in [0.2, 0.25) is 0 Å². The molecule has 3 heteroatoms. The zero-order valence-electron chi connectivity index (χ0n) is 11.1. The first-order chi connectivity index (χ1) is 7.38. The number of amides is 1. The predicted octanol–water partition coefficient (Wildman–Crippen LogP) is 1.93. The van der Waals surface area contributed by atoms with Gasteiger partial charge in [-0.2, -0.15) is 0 Å². The molecule has 1 amide bonds. The van der Waals surface area contributed by atoms with E-state index in [0.29, 0.717) is 12.3 Å². The zero-order chi connectivity index (χ0) is 12.2. The molecule has 0 aromatic rings. The van der Waals surface area contributed by atoms with Crippen molar-refractivity contribution in [3.05, 3.63) is 0 Å². The summed E-state index contributed by atoms with van der Waals surface area (Å²) < 4.78 is 0. The lowest BCUT2D eigenvalue weighted by Gasteiger charge is -2.20. The van der Waals surface area contributed by atoms with E-state index in [1.807, 2.05) is 0 Å². The molecule has 0 aromatic heterocycles. The summed E-state index contributed by atoms with van der Waals surface area (Å²) in [7, 11) is 0. The molecule has 1 atom stereocenters. The Morgan fingerprint density at radius 1 is 1.38 bits per heavy atom. The van der Waals surface area contributed by atoms with Crippen LogP contribution in [0.15, 0.2) is 0 Å². The number of hydrogen-bond acceptors (Lipinski definition) is 2. The van der Waals surface area contributed by atoms with Gasteiger partial charge in [0, 0.05) is 25.0 Å². The third-order valence-electron chi connectivity index (χ3n) is 3.06. The maximum absolute atomic E-state index is 11.5. The van der Waals surface area contributed by atoms with E-state index < -0.39 is 0 Å². The van der Waals surface area contributed by atoms with Crippen LogP contribution in [0.25, 0.3) is 0 Å². The Labute approximate surface area is 99.4 Å². The Morgan fingerprint density at radius 2 is 2.00 bits per heavy atom. The summed E-state index contributed by atoms with van der Waals surface area (Å²) in [4.78, 5) is 11.5. The highest BCUT2D eigenvalue weighted by atomic mass is 16.1. The van der Waals surface area contributed by atoms with Gasteiger partial charge in [0.2, 0.25) is 5.91 Å². The Bertz CT molecular complexity index is 229. The quantitative estimate of drug-likeness (QED) is 0.726. The fourth-order valence-corrected chi connectivity index (χ4v) is 1.75. The lowest BCUT2D eigenvalue weighted by atomic mass is 10.1. The molecular formula is C13H26N2O. The van der Waals surface area contributed by atoms with Gasteiger partial charge in [0.25, 0.3) is 0 Å². The minimum absolute atomic E-state index is 0.0988. The molecule has 1 saturated carbocycles. The summed E-state index contributed by atoms with van der Waals surface area (Å²) in [5, 5.41) is 6.33. The van der Waals surface area contributed by atoms with E-state index in [9.17, 15) is 4.79 Å². The van der Waals surface area contributed by atoms with E-state index in [-0.39, 0.29) is 11.4 Å². The minimum atomic E-state index is 0.0988. The molecule has 1 rings (SSSR count). The van der Waals surface area contributed by atoms with Crippen molar-refractivity contribution in [1.29, 1.82) is 0 Å². The fraction of sp³-hybridized carbons (Fsp3) is 0.923. The fourth-order valence-electron chi connectivity index (χ4n) is 1.75. The molecular weight excluding hydrogens is 200 g/mol. The van der Waals surface area contributed by atoms with E-state index in [1.54, 1.807) is 0 Å². The molecule has 1 aliphatic rings. The lowest BCUT2D eigenvalue weighted by molar-refractivity contribution is -0.121. The van der Waals surface area contributed by atoms with Crippen LogP contribution in [-0.2, 0) is 4.79 Å². The summed E-state index contributed by atoms with van der Waals surface area (Å²) in [5.74, 6) is 1.69. The Kier molecular flexibility index (Phi) is 4.78. The van der Waals surface area contributed by atoms with Crippen molar-refractivity contribution in [2.24, 2.45) is 11.8 Å². The van der Waals surface area contributed by atoms with Crippen molar-refractivity contribution >= 4 is 5.91 Å². The highest BCUT2D eigenvalue weighted by Crippen LogP contribution is 2.35. The van der Waals surface area contributed by atoms with Crippen LogP contribution in [0.1, 0.15) is 47.0 Å². The monoisotopic (exact) mass is 226 g/mol. The summed E-state index contributed by atoms with van der Waals surface area (Å²) in [5.41, 5.74) is 0.0988. The predicted molar refractivity (Wildman–Crippen MR) is 67.3 cm³/mol. The van der Waals surface area contributed by atoms with Gasteiger partial charge in [-0.3, -0.25) is 4.79 Å². The second-order valence-corrected chi connectivity index (χ2v) is 6.05. The smallest absolute Gasteiger partial charge is 0.221 e. The maximum atomic E-state index is 11.5. The number of carbonyl (C=O) groups is 1. The molecule has 0 spiro atoms. The molecule has 0 heterocycles. The van der Waals surface area contributed by atoms with Crippen molar-refractivity contribution in [3.63, 3.8) is 0 Å². The summed E-state index contributed by atoms with van der Waals surface area (Å²) in [6.45, 7) is 10.2. The number of rotatable bonds is 6. The Morgan fingerprint density at radius 3 is 2.50 bits per heavy atom. The third-order valence-corrected chi connectivity index (χ3v) is 3.06. The van der Waals surface area contributed by atoms with Gasteiger partial charge in [0.15, 0.2) is 0 Å². The van der Waals surface area contributed by atoms with E-state index in [4.69, 9.17) is 0 Å². The molecule has 16 heavy (non-hydrogen) atoms. The summed E-state index contributed by atoms with van der Waals surface area (Å²) in [6.07, 6.45) is 3.28. The first kappa shape index (κ1) is 13.5. The van der Waals surface area contributed by atoms with Gasteiger partial charge in [-0.15, -0.1) is 0 Å². The van der Waals surface area contributed by atoms with Crippen LogP contribution < -0.4 is 10.6 Å². The van der Waals surface area contributed by atoms with Crippen molar-refractivity contribution in [1.82, 2.24) is 10.6 Å². The van der Waals surface area contributed by atoms with Crippen molar-refractivity contribution < 1.29 is 4.79 Å². The minimum Gasteiger partial charge on any atom is -0.356 e. The van der Waals surface area contributed by atoms with Crippen LogP contribution in [0.3, 0.4) is 0 Å². The Balaban J connectivity index is 2.02. The number of hydrogen-bond donors (Lipinski definition) is 2. The van der Waals surface area contributed by atoms with Crippen LogP contribution in [-0.4, -0.2) is 24.5 Å². The highest BCUT2D eigenvalue weighted by molar-refractivity contribution is 5.76. The first-order valence-corrected chi connectivity index (χ1v) is 6.40. The first-order valence-electron chi connectivity index (χ1n) is 6.40. The summed E-state index contributed by atoms with van der Waals surface area (Å²) in [6, 6.07) is 0. The molecule has 94 valence electrons. The largest absolute Gasteiger partial charge is 0.356 e. The molecule has 3 nitrogen and oxygen atoms in total. The number of nitrogens with one attached hydrogen (secondary N) is 2. The van der Waals surface area contributed by atoms with E-state index in [1.165, 1.54) is 12.8 Å². The molecule has 0 aromatic carbocycles. The van der Waals surface area contributed by atoms with Crippen molar-refractivity contribution in [2.45, 2.75) is 52.5 Å². The highest BCUT2D eigenvalue weighted by Gasteiger charge is 2.27.